The summed E-state index contributed by atoms with van der Waals surface area (Å²) in [6.45, 7) is 2.38. The Morgan fingerprint density at radius 1 is 1.00 bits per heavy atom. The van der Waals surface area contributed by atoms with E-state index in [1.165, 1.54) is 75.3 Å². The van der Waals surface area contributed by atoms with E-state index in [0.717, 1.165) is 30.5 Å². The minimum atomic E-state index is -0.107. The van der Waals surface area contributed by atoms with Crippen molar-refractivity contribution in [1.29, 1.82) is 0 Å². The van der Waals surface area contributed by atoms with Gasteiger partial charge in [0, 0.05) is 5.33 Å². The number of benzene rings is 1. The molecule has 0 spiro atoms. The zero-order valence-electron chi connectivity index (χ0n) is 18.8. The zero-order chi connectivity index (χ0) is 21.1. The van der Waals surface area contributed by atoms with Crippen molar-refractivity contribution in [2.75, 3.05) is 5.33 Å². The maximum absolute atomic E-state index is 10.8. The molecule has 30 heavy (non-hydrogen) atoms. The van der Waals surface area contributed by atoms with E-state index in [4.69, 9.17) is 0 Å². The summed E-state index contributed by atoms with van der Waals surface area (Å²) in [5.74, 6) is 3.16. The summed E-state index contributed by atoms with van der Waals surface area (Å²) in [7, 11) is 0. The average molecular weight is 478 g/mol. The van der Waals surface area contributed by atoms with Crippen molar-refractivity contribution in [3.05, 3.63) is 29.3 Å². The van der Waals surface area contributed by atoms with Crippen molar-refractivity contribution in [2.24, 2.45) is 23.2 Å². The monoisotopic (exact) mass is 476 g/mol. The number of unbranched alkanes of at least 4 members (excludes halogenated alkanes) is 6. The number of halogens is 1. The fraction of sp³-hybridized carbons (Fsp3) is 0.778. The highest BCUT2D eigenvalue weighted by molar-refractivity contribution is 9.09. The summed E-state index contributed by atoms with van der Waals surface area (Å²) in [5.41, 5.74) is 3.03. The first-order valence-corrected chi connectivity index (χ1v) is 13.7. The molecule has 0 radical (unpaired) electrons. The SMILES string of the molecule is C[C@]12CC[C@@H]3c4ccc(O)cc4C[C@@H](CCCCCCCCCBr)[C@H]3[C@@H]1CC[C@H]2O. The lowest BCUT2D eigenvalue weighted by Gasteiger charge is -2.53. The molecule has 2 nitrogen and oxygen atoms in total. The minimum Gasteiger partial charge on any atom is -0.508 e. The van der Waals surface area contributed by atoms with Gasteiger partial charge in [-0.2, -0.15) is 0 Å². The number of fused-ring (bicyclic) bond motifs is 5. The van der Waals surface area contributed by atoms with E-state index in [1.807, 2.05) is 12.1 Å². The van der Waals surface area contributed by atoms with Crippen LogP contribution in [0.2, 0.25) is 0 Å². The van der Waals surface area contributed by atoms with Gasteiger partial charge in [-0.15, -0.1) is 0 Å². The van der Waals surface area contributed by atoms with Gasteiger partial charge in [-0.25, -0.2) is 0 Å². The summed E-state index contributed by atoms with van der Waals surface area (Å²) >= 11 is 3.53. The molecule has 3 aliphatic carbocycles. The molecule has 0 aliphatic heterocycles. The summed E-state index contributed by atoms with van der Waals surface area (Å²) in [6, 6.07) is 6.14. The number of hydrogen-bond donors (Lipinski definition) is 2. The molecule has 0 unspecified atom stereocenters. The molecule has 0 heterocycles. The second-order valence-corrected chi connectivity index (χ2v) is 11.5. The Labute approximate surface area is 192 Å². The van der Waals surface area contributed by atoms with Crippen LogP contribution < -0.4 is 0 Å². The van der Waals surface area contributed by atoms with Crippen LogP contribution in [0, 0.1) is 23.2 Å². The van der Waals surface area contributed by atoms with Gasteiger partial charge >= 0.3 is 0 Å². The van der Waals surface area contributed by atoms with E-state index in [1.54, 1.807) is 0 Å². The van der Waals surface area contributed by atoms with Crippen LogP contribution in [-0.2, 0) is 6.42 Å². The number of alkyl halides is 1. The Hall–Kier alpha value is -0.540. The molecule has 1 aromatic carbocycles. The molecule has 1 aromatic rings. The third-order valence-electron chi connectivity index (χ3n) is 9.04. The number of hydrogen-bond acceptors (Lipinski definition) is 2. The van der Waals surface area contributed by atoms with Crippen LogP contribution in [0.4, 0.5) is 0 Å². The summed E-state index contributed by atoms with van der Waals surface area (Å²) in [5, 5.41) is 22.0. The third-order valence-corrected chi connectivity index (χ3v) is 9.60. The molecule has 0 bridgehead atoms. The van der Waals surface area contributed by atoms with Gasteiger partial charge in [-0.1, -0.05) is 67.4 Å². The Balaban J connectivity index is 1.43. The lowest BCUT2D eigenvalue weighted by molar-refractivity contribution is -0.0396. The molecule has 2 fully saturated rings. The van der Waals surface area contributed by atoms with Gasteiger partial charge in [0.2, 0.25) is 0 Å². The van der Waals surface area contributed by atoms with Crippen molar-refractivity contribution < 1.29 is 10.2 Å². The molecule has 0 amide bonds. The molecule has 2 saturated carbocycles. The zero-order valence-corrected chi connectivity index (χ0v) is 20.4. The fourth-order valence-electron chi connectivity index (χ4n) is 7.42. The highest BCUT2D eigenvalue weighted by atomic mass is 79.9. The highest BCUT2D eigenvalue weighted by Gasteiger charge is 2.56. The third kappa shape index (κ3) is 4.49. The number of aromatic hydroxyl groups is 1. The van der Waals surface area contributed by atoms with E-state index in [0.29, 0.717) is 23.5 Å². The fourth-order valence-corrected chi connectivity index (χ4v) is 7.81. The van der Waals surface area contributed by atoms with Crippen molar-refractivity contribution in [2.45, 2.75) is 102 Å². The van der Waals surface area contributed by atoms with E-state index >= 15 is 0 Å². The Bertz CT molecular complexity index is 704. The van der Waals surface area contributed by atoms with Crippen LogP contribution in [0.5, 0.6) is 5.75 Å². The van der Waals surface area contributed by atoms with Gasteiger partial charge in [0.1, 0.15) is 5.75 Å². The van der Waals surface area contributed by atoms with Crippen molar-refractivity contribution in [3.8, 4) is 5.75 Å². The van der Waals surface area contributed by atoms with Gasteiger partial charge in [0.25, 0.3) is 0 Å². The summed E-state index contributed by atoms with van der Waals surface area (Å²) in [4.78, 5) is 0. The van der Waals surface area contributed by atoms with Crippen LogP contribution in [0.3, 0.4) is 0 Å². The molecule has 168 valence electrons. The number of phenolic OH excluding ortho intramolecular Hbond substituents is 1. The van der Waals surface area contributed by atoms with Gasteiger partial charge < -0.3 is 10.2 Å². The minimum absolute atomic E-state index is 0.107. The predicted octanol–water partition coefficient (Wildman–Crippen LogP) is 7.35. The standard InChI is InChI=1S/C27H41BrO2/c1-27-15-14-23-22-11-10-21(29)18-20(22)17-19(26(23)24(27)12-13-25(27)30)9-7-5-3-2-4-6-8-16-28/h10-11,18-19,23-26,29-30H,2-9,12-17H2,1H3/t19-,23-,24+,25-,26-,27+/m1/s1. The van der Waals surface area contributed by atoms with E-state index in [9.17, 15) is 10.2 Å². The molecule has 3 aliphatic rings. The second-order valence-electron chi connectivity index (χ2n) is 10.7. The molecule has 6 atom stereocenters. The Kier molecular flexibility index (Phi) is 7.51. The smallest absolute Gasteiger partial charge is 0.115 e. The Morgan fingerprint density at radius 3 is 2.50 bits per heavy atom. The maximum atomic E-state index is 10.8. The van der Waals surface area contributed by atoms with Crippen LogP contribution in [0.15, 0.2) is 18.2 Å². The van der Waals surface area contributed by atoms with Gasteiger partial charge in [-0.3, -0.25) is 0 Å². The topological polar surface area (TPSA) is 40.5 Å². The first-order chi connectivity index (χ1) is 14.5. The summed E-state index contributed by atoms with van der Waals surface area (Å²) < 4.78 is 0. The van der Waals surface area contributed by atoms with E-state index < -0.39 is 0 Å². The van der Waals surface area contributed by atoms with Crippen molar-refractivity contribution >= 4 is 15.9 Å². The molecular formula is C27H41BrO2. The van der Waals surface area contributed by atoms with Crippen LogP contribution >= 0.6 is 15.9 Å². The first-order valence-electron chi connectivity index (χ1n) is 12.6. The van der Waals surface area contributed by atoms with Gasteiger partial charge in [0.15, 0.2) is 0 Å². The lowest BCUT2D eigenvalue weighted by atomic mass is 9.52. The molecule has 0 aromatic heterocycles. The first kappa shape index (κ1) is 22.6. The van der Waals surface area contributed by atoms with E-state index in [2.05, 4.69) is 28.9 Å². The number of phenols is 1. The molecule has 3 heteroatoms. The molecule has 2 N–H and O–H groups in total. The average Bonchev–Trinajstić information content (AvgIpc) is 3.04. The summed E-state index contributed by atoms with van der Waals surface area (Å²) in [6.07, 6.45) is 16.4. The van der Waals surface area contributed by atoms with Gasteiger partial charge in [0.05, 0.1) is 6.10 Å². The lowest BCUT2D eigenvalue weighted by Crippen LogP contribution is -2.47. The number of aliphatic hydroxyl groups is 1. The molecular weight excluding hydrogens is 436 g/mol. The Morgan fingerprint density at radius 2 is 1.73 bits per heavy atom. The largest absolute Gasteiger partial charge is 0.508 e. The van der Waals surface area contributed by atoms with Crippen LogP contribution in [0.1, 0.15) is 101 Å². The molecule has 4 rings (SSSR count). The normalized spacial score (nSPS) is 35.0. The predicted molar refractivity (Wildman–Crippen MR) is 128 cm³/mol. The van der Waals surface area contributed by atoms with Crippen LogP contribution in [0.25, 0.3) is 0 Å². The van der Waals surface area contributed by atoms with Gasteiger partial charge in [-0.05, 0) is 97.3 Å². The van der Waals surface area contributed by atoms with Crippen LogP contribution in [-0.4, -0.2) is 21.6 Å². The highest BCUT2D eigenvalue weighted by Crippen LogP contribution is 2.62. The molecule has 0 saturated heterocycles. The maximum Gasteiger partial charge on any atom is 0.115 e. The van der Waals surface area contributed by atoms with E-state index in [-0.39, 0.29) is 11.5 Å². The van der Waals surface area contributed by atoms with Crippen molar-refractivity contribution in [3.63, 3.8) is 0 Å². The van der Waals surface area contributed by atoms with Crippen molar-refractivity contribution in [1.82, 2.24) is 0 Å². The number of rotatable bonds is 9. The number of aliphatic hydroxyl groups excluding tert-OH is 1. The quantitative estimate of drug-likeness (QED) is 0.288. The second kappa shape index (κ2) is 9.94.